The van der Waals surface area contributed by atoms with Crippen LogP contribution in [0.1, 0.15) is 38.4 Å². The number of hydrogen-bond donors (Lipinski definition) is 1. The number of pyridine rings is 1. The minimum Gasteiger partial charge on any atom is -0.330 e. The summed E-state index contributed by atoms with van der Waals surface area (Å²) < 4.78 is 0. The summed E-state index contributed by atoms with van der Waals surface area (Å²) in [5.41, 5.74) is 6.98. The molecule has 0 bridgehead atoms. The molecule has 1 aliphatic heterocycles. The Kier molecular flexibility index (Phi) is 3.43. The number of nitrogens with two attached hydrogens (primary N) is 1. The smallest absolute Gasteiger partial charge is 0.225 e. The number of aromatic nitrogens is 1. The largest absolute Gasteiger partial charge is 0.330 e. The van der Waals surface area contributed by atoms with Gasteiger partial charge >= 0.3 is 0 Å². The maximum atomic E-state index is 12.0. The first-order chi connectivity index (χ1) is 8.15. The lowest BCUT2D eigenvalue weighted by atomic mass is 10.0. The van der Waals surface area contributed by atoms with Crippen molar-refractivity contribution in [1.29, 1.82) is 0 Å². The molecule has 2 rings (SSSR count). The van der Waals surface area contributed by atoms with Crippen molar-refractivity contribution in [1.82, 2.24) is 9.88 Å². The third-order valence-corrected chi connectivity index (χ3v) is 3.46. The van der Waals surface area contributed by atoms with Crippen LogP contribution in [0.4, 0.5) is 0 Å². The number of hydrogen-bond acceptors (Lipinski definition) is 3. The van der Waals surface area contributed by atoms with E-state index in [4.69, 9.17) is 5.73 Å². The highest BCUT2D eigenvalue weighted by atomic mass is 16.2. The van der Waals surface area contributed by atoms with Crippen molar-refractivity contribution in [3.05, 3.63) is 30.1 Å². The normalized spacial score (nSPS) is 26.3. The molecular formula is C13H19N3O. The number of rotatable bonds is 3. The molecule has 1 fully saturated rings. The molecule has 2 N–H and O–H groups in total. The fourth-order valence-electron chi connectivity index (χ4n) is 2.41. The molecule has 92 valence electrons. The van der Waals surface area contributed by atoms with Crippen molar-refractivity contribution >= 4 is 5.91 Å². The second kappa shape index (κ2) is 4.84. The van der Waals surface area contributed by atoms with E-state index in [9.17, 15) is 4.79 Å². The second-order valence-corrected chi connectivity index (χ2v) is 4.63. The van der Waals surface area contributed by atoms with Gasteiger partial charge in [-0.05, 0) is 25.5 Å². The van der Waals surface area contributed by atoms with Crippen LogP contribution in [-0.2, 0) is 4.79 Å². The Bertz CT molecular complexity index is 393. The van der Waals surface area contributed by atoms with Gasteiger partial charge in [0.25, 0.3) is 0 Å². The molecule has 4 heteroatoms. The third-order valence-electron chi connectivity index (χ3n) is 3.46. The van der Waals surface area contributed by atoms with Gasteiger partial charge in [-0.15, -0.1) is 0 Å². The van der Waals surface area contributed by atoms with Gasteiger partial charge in [-0.25, -0.2) is 0 Å². The van der Waals surface area contributed by atoms with E-state index < -0.39 is 0 Å². The van der Waals surface area contributed by atoms with Crippen molar-refractivity contribution in [3.8, 4) is 0 Å². The van der Waals surface area contributed by atoms with E-state index in [0.717, 1.165) is 12.1 Å². The fraction of sp³-hybridized carbons (Fsp3) is 0.538. The standard InChI is InChI=1S/C13H19N3O/c1-3-9(2)16-12(17)8-10(14)13(16)11-6-4-5-7-15-11/h4-7,9-10,13H,3,8,14H2,1-2H3. The van der Waals surface area contributed by atoms with Gasteiger partial charge < -0.3 is 10.6 Å². The quantitative estimate of drug-likeness (QED) is 0.860. The van der Waals surface area contributed by atoms with Crippen LogP contribution in [0.5, 0.6) is 0 Å². The Hall–Kier alpha value is -1.42. The maximum Gasteiger partial charge on any atom is 0.225 e. The monoisotopic (exact) mass is 233 g/mol. The van der Waals surface area contributed by atoms with Crippen LogP contribution >= 0.6 is 0 Å². The van der Waals surface area contributed by atoms with Crippen LogP contribution in [0.2, 0.25) is 0 Å². The summed E-state index contributed by atoms with van der Waals surface area (Å²) in [7, 11) is 0. The SMILES string of the molecule is CCC(C)N1C(=O)CC(N)C1c1ccccn1. The summed E-state index contributed by atoms with van der Waals surface area (Å²) in [5, 5.41) is 0. The lowest BCUT2D eigenvalue weighted by Crippen LogP contribution is -2.39. The zero-order valence-corrected chi connectivity index (χ0v) is 10.3. The van der Waals surface area contributed by atoms with E-state index in [2.05, 4.69) is 18.8 Å². The molecule has 1 aromatic rings. The van der Waals surface area contributed by atoms with Gasteiger partial charge in [0.1, 0.15) is 0 Å². The molecule has 0 radical (unpaired) electrons. The molecule has 1 saturated heterocycles. The zero-order chi connectivity index (χ0) is 12.4. The Morgan fingerprint density at radius 2 is 2.35 bits per heavy atom. The molecule has 3 atom stereocenters. The molecular weight excluding hydrogens is 214 g/mol. The Morgan fingerprint density at radius 3 is 2.94 bits per heavy atom. The third kappa shape index (κ3) is 2.17. The highest BCUT2D eigenvalue weighted by molar-refractivity contribution is 5.80. The molecule has 2 heterocycles. The summed E-state index contributed by atoms with van der Waals surface area (Å²) in [6.07, 6.45) is 3.10. The van der Waals surface area contributed by atoms with Crippen molar-refractivity contribution in [3.63, 3.8) is 0 Å². The zero-order valence-electron chi connectivity index (χ0n) is 10.3. The maximum absolute atomic E-state index is 12.0. The van der Waals surface area contributed by atoms with Gasteiger partial charge in [0, 0.05) is 24.7 Å². The number of carbonyl (C=O) groups is 1. The fourth-order valence-corrected chi connectivity index (χ4v) is 2.41. The van der Waals surface area contributed by atoms with E-state index >= 15 is 0 Å². The van der Waals surface area contributed by atoms with Gasteiger partial charge in [0.05, 0.1) is 11.7 Å². The lowest BCUT2D eigenvalue weighted by Gasteiger charge is -2.31. The molecule has 1 aliphatic rings. The van der Waals surface area contributed by atoms with E-state index in [1.165, 1.54) is 0 Å². The molecule has 0 aromatic carbocycles. The molecule has 0 spiro atoms. The molecule has 1 amide bonds. The summed E-state index contributed by atoms with van der Waals surface area (Å²) in [6, 6.07) is 5.75. The van der Waals surface area contributed by atoms with E-state index in [1.807, 2.05) is 23.1 Å². The minimum absolute atomic E-state index is 0.0707. The first-order valence-corrected chi connectivity index (χ1v) is 6.12. The average molecular weight is 233 g/mol. The van der Waals surface area contributed by atoms with Crippen molar-refractivity contribution in [2.45, 2.75) is 44.8 Å². The lowest BCUT2D eigenvalue weighted by molar-refractivity contribution is -0.131. The molecule has 1 aromatic heterocycles. The Balaban J connectivity index is 2.33. The van der Waals surface area contributed by atoms with Crippen molar-refractivity contribution in [2.24, 2.45) is 5.73 Å². The van der Waals surface area contributed by atoms with Crippen LogP contribution in [0.15, 0.2) is 24.4 Å². The number of nitrogens with zero attached hydrogens (tertiary/aromatic N) is 2. The molecule has 17 heavy (non-hydrogen) atoms. The van der Waals surface area contributed by atoms with Gasteiger partial charge in [0.15, 0.2) is 0 Å². The van der Waals surface area contributed by atoms with Crippen molar-refractivity contribution in [2.75, 3.05) is 0 Å². The van der Waals surface area contributed by atoms with Crippen LogP contribution in [0, 0.1) is 0 Å². The van der Waals surface area contributed by atoms with Gasteiger partial charge in [-0.1, -0.05) is 13.0 Å². The van der Waals surface area contributed by atoms with Crippen LogP contribution in [0.25, 0.3) is 0 Å². The first kappa shape index (κ1) is 12.0. The van der Waals surface area contributed by atoms with Crippen LogP contribution in [0.3, 0.4) is 0 Å². The summed E-state index contributed by atoms with van der Waals surface area (Å²) in [4.78, 5) is 18.2. The molecule has 4 nitrogen and oxygen atoms in total. The number of likely N-dealkylation sites (tertiary alicyclic amines) is 1. The molecule has 0 aliphatic carbocycles. The molecule has 0 saturated carbocycles. The van der Waals surface area contributed by atoms with Gasteiger partial charge in [0.2, 0.25) is 5.91 Å². The highest BCUT2D eigenvalue weighted by Crippen LogP contribution is 2.33. The average Bonchev–Trinajstić information content (AvgIpc) is 2.64. The second-order valence-electron chi connectivity index (χ2n) is 4.63. The van der Waals surface area contributed by atoms with Gasteiger partial charge in [-0.2, -0.15) is 0 Å². The first-order valence-electron chi connectivity index (χ1n) is 6.12. The molecule has 3 unspecified atom stereocenters. The number of amides is 1. The summed E-state index contributed by atoms with van der Waals surface area (Å²) in [5.74, 6) is 0.141. The van der Waals surface area contributed by atoms with E-state index in [0.29, 0.717) is 6.42 Å². The summed E-state index contributed by atoms with van der Waals surface area (Å²) in [6.45, 7) is 4.14. The predicted molar refractivity (Wildman–Crippen MR) is 66.2 cm³/mol. The topological polar surface area (TPSA) is 59.2 Å². The van der Waals surface area contributed by atoms with Crippen molar-refractivity contribution < 1.29 is 4.79 Å². The van der Waals surface area contributed by atoms with Gasteiger partial charge in [-0.3, -0.25) is 9.78 Å². The van der Waals surface area contributed by atoms with E-state index in [-0.39, 0.29) is 24.0 Å². The Labute approximate surface area is 102 Å². The van der Waals surface area contributed by atoms with Crippen LogP contribution in [-0.4, -0.2) is 27.9 Å². The minimum atomic E-state index is -0.147. The van der Waals surface area contributed by atoms with E-state index in [1.54, 1.807) is 6.20 Å². The Morgan fingerprint density at radius 1 is 1.59 bits per heavy atom. The highest BCUT2D eigenvalue weighted by Gasteiger charge is 2.41. The predicted octanol–water partition coefficient (Wildman–Crippen LogP) is 1.48. The van der Waals surface area contributed by atoms with Crippen LogP contribution < -0.4 is 5.73 Å². The number of carbonyl (C=O) groups excluding carboxylic acids is 1. The summed E-state index contributed by atoms with van der Waals surface area (Å²) >= 11 is 0.